The maximum absolute atomic E-state index is 12.6. The van der Waals surface area contributed by atoms with Crippen molar-refractivity contribution < 1.29 is 4.79 Å². The third-order valence-corrected chi connectivity index (χ3v) is 5.27. The fraction of sp³-hybridized carbons (Fsp3) is 0.706. The summed E-state index contributed by atoms with van der Waals surface area (Å²) >= 11 is 1.87. The smallest absolute Gasteiger partial charge is 0.236 e. The molecule has 1 aromatic rings. The summed E-state index contributed by atoms with van der Waals surface area (Å²) in [4.78, 5) is 18.5. The van der Waals surface area contributed by atoms with Crippen LogP contribution in [0.15, 0.2) is 11.4 Å². The van der Waals surface area contributed by atoms with E-state index in [2.05, 4.69) is 37.1 Å². The summed E-state index contributed by atoms with van der Waals surface area (Å²) in [7, 11) is 0. The molecule has 0 saturated heterocycles. The molecule has 21 heavy (non-hydrogen) atoms. The number of hydrogen-bond donors (Lipinski definition) is 0. The number of thiophene rings is 1. The van der Waals surface area contributed by atoms with E-state index in [1.54, 1.807) is 0 Å². The number of carbonyl (C=O) groups is 1. The predicted octanol–water partition coefficient (Wildman–Crippen LogP) is 3.71. The molecule has 1 unspecified atom stereocenters. The second-order valence-corrected chi connectivity index (χ2v) is 6.83. The van der Waals surface area contributed by atoms with Crippen molar-refractivity contribution in [3.05, 3.63) is 21.9 Å². The lowest BCUT2D eigenvalue weighted by Gasteiger charge is -2.36. The van der Waals surface area contributed by atoms with Gasteiger partial charge in [-0.2, -0.15) is 0 Å². The van der Waals surface area contributed by atoms with E-state index in [1.807, 2.05) is 16.2 Å². The molecule has 0 N–H and O–H groups in total. The Bertz CT molecular complexity index is 451. The van der Waals surface area contributed by atoms with Crippen molar-refractivity contribution >= 4 is 17.2 Å². The zero-order chi connectivity index (χ0) is 15.2. The molecule has 1 aliphatic rings. The van der Waals surface area contributed by atoms with Gasteiger partial charge in [0.1, 0.15) is 0 Å². The highest BCUT2D eigenvalue weighted by molar-refractivity contribution is 7.10. The van der Waals surface area contributed by atoms with Crippen molar-refractivity contribution in [2.45, 2.75) is 52.5 Å². The van der Waals surface area contributed by atoms with Crippen LogP contribution in [-0.2, 0) is 11.2 Å². The fourth-order valence-electron chi connectivity index (χ4n) is 3.29. The molecule has 0 bridgehead atoms. The van der Waals surface area contributed by atoms with Gasteiger partial charge in [-0.05, 0) is 42.7 Å². The molecule has 2 rings (SSSR count). The first-order chi connectivity index (χ1) is 10.2. The van der Waals surface area contributed by atoms with Crippen LogP contribution in [0.5, 0.6) is 0 Å². The van der Waals surface area contributed by atoms with Gasteiger partial charge in [0.25, 0.3) is 0 Å². The van der Waals surface area contributed by atoms with E-state index in [9.17, 15) is 4.79 Å². The molecule has 0 radical (unpaired) electrons. The van der Waals surface area contributed by atoms with E-state index < -0.39 is 0 Å². The number of amides is 1. The highest BCUT2D eigenvalue weighted by Gasteiger charge is 2.29. The van der Waals surface area contributed by atoms with Crippen molar-refractivity contribution in [3.63, 3.8) is 0 Å². The number of rotatable bonds is 7. The maximum Gasteiger partial charge on any atom is 0.236 e. The first-order valence-corrected chi connectivity index (χ1v) is 9.17. The van der Waals surface area contributed by atoms with Gasteiger partial charge in [-0.3, -0.25) is 9.69 Å². The van der Waals surface area contributed by atoms with Crippen LogP contribution < -0.4 is 0 Å². The molecular formula is C17H28N2OS. The zero-order valence-corrected chi connectivity index (χ0v) is 14.4. The predicted molar refractivity (Wildman–Crippen MR) is 89.8 cm³/mol. The van der Waals surface area contributed by atoms with Gasteiger partial charge >= 0.3 is 0 Å². The Labute approximate surface area is 132 Å². The Morgan fingerprint density at radius 2 is 2.05 bits per heavy atom. The van der Waals surface area contributed by atoms with Crippen molar-refractivity contribution in [3.8, 4) is 0 Å². The van der Waals surface area contributed by atoms with Crippen molar-refractivity contribution in [1.29, 1.82) is 0 Å². The topological polar surface area (TPSA) is 23.6 Å². The summed E-state index contributed by atoms with van der Waals surface area (Å²) in [6.07, 6.45) is 4.26. The summed E-state index contributed by atoms with van der Waals surface area (Å²) in [6.45, 7) is 9.89. The number of hydrogen-bond acceptors (Lipinski definition) is 3. The average Bonchev–Trinajstić information content (AvgIpc) is 2.95. The monoisotopic (exact) mass is 308 g/mol. The maximum atomic E-state index is 12.6. The van der Waals surface area contributed by atoms with Gasteiger partial charge in [-0.15, -0.1) is 11.3 Å². The molecule has 3 nitrogen and oxygen atoms in total. The number of fused-ring (bicyclic) bond motifs is 1. The van der Waals surface area contributed by atoms with E-state index in [0.717, 1.165) is 45.3 Å². The van der Waals surface area contributed by atoms with Gasteiger partial charge in [0.05, 0.1) is 6.54 Å². The van der Waals surface area contributed by atoms with Gasteiger partial charge < -0.3 is 4.90 Å². The lowest BCUT2D eigenvalue weighted by atomic mass is 9.98. The third-order valence-electron chi connectivity index (χ3n) is 4.27. The molecular weight excluding hydrogens is 280 g/mol. The fourth-order valence-corrected chi connectivity index (χ4v) is 4.22. The molecule has 4 heteroatoms. The molecule has 0 spiro atoms. The highest BCUT2D eigenvalue weighted by Crippen LogP contribution is 2.34. The zero-order valence-electron chi connectivity index (χ0n) is 13.6. The molecule has 0 aromatic carbocycles. The number of nitrogens with zero attached hydrogens (tertiary/aromatic N) is 2. The van der Waals surface area contributed by atoms with Crippen molar-refractivity contribution in [2.24, 2.45) is 0 Å². The van der Waals surface area contributed by atoms with Gasteiger partial charge in [-0.25, -0.2) is 0 Å². The van der Waals surface area contributed by atoms with Gasteiger partial charge in [0.15, 0.2) is 0 Å². The largest absolute Gasteiger partial charge is 0.342 e. The Kier molecular flexibility index (Phi) is 6.24. The molecule has 1 amide bonds. The molecule has 0 fully saturated rings. The Morgan fingerprint density at radius 3 is 2.67 bits per heavy atom. The Hall–Kier alpha value is -0.870. The molecule has 1 atom stereocenters. The SMILES string of the molecule is CCCN(CCC)C(=O)CN1CCc2sccc2C1CC. The summed E-state index contributed by atoms with van der Waals surface area (Å²) in [5.41, 5.74) is 1.46. The Balaban J connectivity index is 2.03. The highest BCUT2D eigenvalue weighted by atomic mass is 32.1. The number of carbonyl (C=O) groups excluding carboxylic acids is 1. The van der Waals surface area contributed by atoms with Crippen LogP contribution in [0.25, 0.3) is 0 Å². The van der Waals surface area contributed by atoms with E-state index in [4.69, 9.17) is 0 Å². The first kappa shape index (κ1) is 16.5. The minimum atomic E-state index is 0.302. The average molecular weight is 308 g/mol. The molecule has 2 heterocycles. The second kappa shape index (κ2) is 7.95. The first-order valence-electron chi connectivity index (χ1n) is 8.29. The minimum Gasteiger partial charge on any atom is -0.342 e. The standard InChI is InChI=1S/C17H28N2OS/c1-4-9-18(10-5-2)17(20)13-19-11-7-16-14(8-12-21-16)15(19)6-3/h8,12,15H,4-7,9-11,13H2,1-3H3. The van der Waals surface area contributed by atoms with E-state index >= 15 is 0 Å². The van der Waals surface area contributed by atoms with Crippen LogP contribution >= 0.6 is 11.3 Å². The third kappa shape index (κ3) is 3.86. The van der Waals surface area contributed by atoms with Crippen LogP contribution in [0.4, 0.5) is 0 Å². The van der Waals surface area contributed by atoms with Crippen molar-refractivity contribution in [1.82, 2.24) is 9.80 Å². The summed E-state index contributed by atoms with van der Waals surface area (Å²) in [5, 5.41) is 2.19. The van der Waals surface area contributed by atoms with Gasteiger partial charge in [0.2, 0.25) is 5.91 Å². The van der Waals surface area contributed by atoms with E-state index in [1.165, 1.54) is 10.4 Å². The molecule has 0 aliphatic carbocycles. The van der Waals surface area contributed by atoms with E-state index in [-0.39, 0.29) is 0 Å². The lowest BCUT2D eigenvalue weighted by molar-refractivity contribution is -0.133. The lowest BCUT2D eigenvalue weighted by Crippen LogP contribution is -2.44. The van der Waals surface area contributed by atoms with Gasteiger partial charge in [-0.1, -0.05) is 20.8 Å². The van der Waals surface area contributed by atoms with Gasteiger partial charge in [0, 0.05) is 30.6 Å². The van der Waals surface area contributed by atoms with E-state index in [0.29, 0.717) is 18.5 Å². The molecule has 1 aromatic heterocycles. The molecule has 0 saturated carbocycles. The van der Waals surface area contributed by atoms with Crippen LogP contribution in [0, 0.1) is 0 Å². The normalized spacial score (nSPS) is 18.5. The second-order valence-electron chi connectivity index (χ2n) is 5.82. The minimum absolute atomic E-state index is 0.302. The van der Waals surface area contributed by atoms with Crippen LogP contribution in [0.2, 0.25) is 0 Å². The van der Waals surface area contributed by atoms with Crippen LogP contribution in [0.3, 0.4) is 0 Å². The summed E-state index contributed by atoms with van der Waals surface area (Å²) in [5.74, 6) is 0.302. The summed E-state index contributed by atoms with van der Waals surface area (Å²) in [6, 6.07) is 2.68. The van der Waals surface area contributed by atoms with Crippen LogP contribution in [0.1, 0.15) is 56.5 Å². The summed E-state index contributed by atoms with van der Waals surface area (Å²) < 4.78 is 0. The quantitative estimate of drug-likeness (QED) is 0.766. The molecule has 118 valence electrons. The molecule has 1 aliphatic heterocycles. The van der Waals surface area contributed by atoms with Crippen molar-refractivity contribution in [2.75, 3.05) is 26.2 Å². The van der Waals surface area contributed by atoms with Crippen LogP contribution in [-0.4, -0.2) is 41.9 Å². The Morgan fingerprint density at radius 1 is 1.33 bits per heavy atom.